The third kappa shape index (κ3) is 9.75. The highest BCUT2D eigenvalue weighted by atomic mass is 16.6. The van der Waals surface area contributed by atoms with Crippen LogP contribution in [0.1, 0.15) is 48.5 Å². The zero-order valence-electron chi connectivity index (χ0n) is 13.5. The van der Waals surface area contributed by atoms with Gasteiger partial charge >= 0.3 is 11.9 Å². The van der Waals surface area contributed by atoms with Crippen LogP contribution in [0.25, 0.3) is 0 Å². The SMILES string of the molecule is CC(O)N(CC(=O)OC(C)(C)C)CC(=O)OC(C)(C)C. The van der Waals surface area contributed by atoms with E-state index in [1.54, 1.807) is 41.5 Å². The number of esters is 2. The van der Waals surface area contributed by atoms with Crippen molar-refractivity contribution in [3.63, 3.8) is 0 Å². The molecule has 0 aromatic rings. The highest BCUT2D eigenvalue weighted by Gasteiger charge is 2.25. The van der Waals surface area contributed by atoms with Crippen LogP contribution in [0.2, 0.25) is 0 Å². The molecule has 0 radical (unpaired) electrons. The molecule has 0 fully saturated rings. The highest BCUT2D eigenvalue weighted by Crippen LogP contribution is 2.10. The molecule has 0 aliphatic rings. The van der Waals surface area contributed by atoms with Crippen molar-refractivity contribution < 1.29 is 24.2 Å². The van der Waals surface area contributed by atoms with Crippen molar-refractivity contribution in [2.75, 3.05) is 13.1 Å². The maximum absolute atomic E-state index is 11.7. The van der Waals surface area contributed by atoms with E-state index in [1.807, 2.05) is 0 Å². The van der Waals surface area contributed by atoms with Crippen molar-refractivity contribution in [3.8, 4) is 0 Å². The number of ether oxygens (including phenoxy) is 2. The van der Waals surface area contributed by atoms with Crippen LogP contribution in [0, 0.1) is 0 Å². The van der Waals surface area contributed by atoms with E-state index in [-0.39, 0.29) is 13.1 Å². The molecular formula is C14H27NO5. The monoisotopic (exact) mass is 289 g/mol. The number of carbonyl (C=O) groups excluding carboxylic acids is 2. The number of aliphatic hydroxyl groups is 1. The molecule has 0 aromatic carbocycles. The van der Waals surface area contributed by atoms with Crippen molar-refractivity contribution in [1.82, 2.24) is 4.90 Å². The normalized spacial score (nSPS) is 14.1. The lowest BCUT2D eigenvalue weighted by atomic mass is 10.2. The Bertz CT molecular complexity index is 308. The average Bonchev–Trinajstić information content (AvgIpc) is 2.09. The van der Waals surface area contributed by atoms with E-state index in [4.69, 9.17) is 9.47 Å². The third-order valence-electron chi connectivity index (χ3n) is 2.03. The van der Waals surface area contributed by atoms with Crippen molar-refractivity contribution >= 4 is 11.9 Å². The molecule has 1 N–H and O–H groups in total. The lowest BCUT2D eigenvalue weighted by Crippen LogP contribution is -2.44. The van der Waals surface area contributed by atoms with Crippen LogP contribution in [-0.4, -0.2) is 52.5 Å². The average molecular weight is 289 g/mol. The quantitative estimate of drug-likeness (QED) is 0.607. The molecule has 0 spiro atoms. The Balaban J connectivity index is 4.52. The number of hydrogen-bond donors (Lipinski definition) is 1. The molecule has 0 saturated carbocycles. The van der Waals surface area contributed by atoms with Crippen LogP contribution in [-0.2, 0) is 19.1 Å². The van der Waals surface area contributed by atoms with Gasteiger partial charge in [-0.1, -0.05) is 0 Å². The van der Waals surface area contributed by atoms with E-state index >= 15 is 0 Å². The fourth-order valence-electron chi connectivity index (χ4n) is 1.40. The molecule has 0 amide bonds. The molecular weight excluding hydrogens is 262 g/mol. The Morgan fingerprint density at radius 1 is 0.950 bits per heavy atom. The molecule has 6 nitrogen and oxygen atoms in total. The summed E-state index contributed by atoms with van der Waals surface area (Å²) in [5, 5.41) is 9.62. The van der Waals surface area contributed by atoms with Crippen LogP contribution in [0.4, 0.5) is 0 Å². The van der Waals surface area contributed by atoms with Gasteiger partial charge in [0.05, 0.1) is 13.1 Å². The molecule has 0 bridgehead atoms. The Kier molecular flexibility index (Phi) is 6.64. The predicted octanol–water partition coefficient (Wildman–Crippen LogP) is 1.31. The first kappa shape index (κ1) is 18.9. The number of nitrogens with zero attached hydrogens (tertiary/aromatic N) is 1. The van der Waals surface area contributed by atoms with E-state index in [0.717, 1.165) is 0 Å². The number of rotatable bonds is 5. The summed E-state index contributed by atoms with van der Waals surface area (Å²) < 4.78 is 10.3. The van der Waals surface area contributed by atoms with E-state index in [2.05, 4.69) is 0 Å². The standard InChI is InChI=1S/C14H27NO5/c1-10(16)15(8-11(17)19-13(2,3)4)9-12(18)20-14(5,6)7/h10,16H,8-9H2,1-7H3. The van der Waals surface area contributed by atoms with Crippen LogP contribution < -0.4 is 0 Å². The molecule has 118 valence electrons. The largest absolute Gasteiger partial charge is 0.459 e. The third-order valence-corrected chi connectivity index (χ3v) is 2.03. The summed E-state index contributed by atoms with van der Waals surface area (Å²) in [7, 11) is 0. The Morgan fingerprint density at radius 3 is 1.45 bits per heavy atom. The first-order valence-electron chi connectivity index (χ1n) is 6.66. The molecule has 1 unspecified atom stereocenters. The second-order valence-corrected chi connectivity index (χ2v) is 6.71. The summed E-state index contributed by atoms with van der Waals surface area (Å²) in [5.41, 5.74) is -1.21. The number of aliphatic hydroxyl groups excluding tert-OH is 1. The van der Waals surface area contributed by atoms with Gasteiger partial charge in [-0.05, 0) is 48.5 Å². The van der Waals surface area contributed by atoms with Crippen molar-refractivity contribution in [2.45, 2.75) is 65.9 Å². The first-order valence-corrected chi connectivity index (χ1v) is 6.66. The van der Waals surface area contributed by atoms with Crippen LogP contribution >= 0.6 is 0 Å². The molecule has 0 saturated heterocycles. The van der Waals surface area contributed by atoms with Crippen LogP contribution in [0.5, 0.6) is 0 Å². The number of hydrogen-bond acceptors (Lipinski definition) is 6. The van der Waals surface area contributed by atoms with Gasteiger partial charge in [-0.25, -0.2) is 0 Å². The van der Waals surface area contributed by atoms with Gasteiger partial charge in [0.25, 0.3) is 0 Å². The van der Waals surface area contributed by atoms with E-state index in [0.29, 0.717) is 0 Å². The van der Waals surface area contributed by atoms with E-state index in [1.165, 1.54) is 11.8 Å². The minimum Gasteiger partial charge on any atom is -0.459 e. The van der Waals surface area contributed by atoms with Gasteiger partial charge in [0.15, 0.2) is 0 Å². The Labute approximate surface area is 121 Å². The van der Waals surface area contributed by atoms with E-state index in [9.17, 15) is 14.7 Å². The number of carbonyl (C=O) groups is 2. The van der Waals surface area contributed by atoms with E-state index < -0.39 is 29.4 Å². The van der Waals surface area contributed by atoms with Gasteiger partial charge in [-0.3, -0.25) is 14.5 Å². The fraction of sp³-hybridized carbons (Fsp3) is 0.857. The summed E-state index contributed by atoms with van der Waals surface area (Å²) in [4.78, 5) is 24.7. The maximum atomic E-state index is 11.7. The lowest BCUT2D eigenvalue weighted by molar-refractivity contribution is -0.164. The fourth-order valence-corrected chi connectivity index (χ4v) is 1.40. The summed E-state index contributed by atoms with van der Waals surface area (Å²) >= 11 is 0. The van der Waals surface area contributed by atoms with Crippen molar-refractivity contribution in [3.05, 3.63) is 0 Å². The molecule has 1 atom stereocenters. The Hall–Kier alpha value is -1.14. The smallest absolute Gasteiger partial charge is 0.320 e. The molecule has 0 aliphatic carbocycles. The molecule has 20 heavy (non-hydrogen) atoms. The minimum atomic E-state index is -0.949. The van der Waals surface area contributed by atoms with Gasteiger partial charge < -0.3 is 14.6 Å². The van der Waals surface area contributed by atoms with Gasteiger partial charge in [-0.15, -0.1) is 0 Å². The zero-order valence-corrected chi connectivity index (χ0v) is 13.5. The summed E-state index contributed by atoms with van der Waals surface area (Å²) in [6.07, 6.45) is -0.949. The minimum absolute atomic E-state index is 0.172. The predicted molar refractivity (Wildman–Crippen MR) is 74.9 cm³/mol. The molecule has 0 aromatic heterocycles. The highest BCUT2D eigenvalue weighted by molar-refractivity contribution is 5.75. The zero-order chi connectivity index (χ0) is 16.1. The second-order valence-electron chi connectivity index (χ2n) is 6.71. The first-order chi connectivity index (χ1) is 8.80. The summed E-state index contributed by atoms with van der Waals surface area (Å²) in [5.74, 6) is -0.996. The lowest BCUT2D eigenvalue weighted by Gasteiger charge is -2.27. The van der Waals surface area contributed by atoms with Gasteiger partial charge in [-0.2, -0.15) is 0 Å². The van der Waals surface area contributed by atoms with Crippen LogP contribution in [0.15, 0.2) is 0 Å². The summed E-state index contributed by atoms with van der Waals surface area (Å²) in [6, 6.07) is 0. The summed E-state index contributed by atoms with van der Waals surface area (Å²) in [6.45, 7) is 11.7. The second kappa shape index (κ2) is 7.04. The van der Waals surface area contributed by atoms with Crippen molar-refractivity contribution in [1.29, 1.82) is 0 Å². The molecule has 0 rings (SSSR count). The molecule has 0 aliphatic heterocycles. The van der Waals surface area contributed by atoms with Crippen LogP contribution in [0.3, 0.4) is 0 Å². The van der Waals surface area contributed by atoms with Crippen molar-refractivity contribution in [2.24, 2.45) is 0 Å². The van der Waals surface area contributed by atoms with Gasteiger partial charge in [0.1, 0.15) is 17.4 Å². The maximum Gasteiger partial charge on any atom is 0.320 e. The molecule has 0 heterocycles. The van der Waals surface area contributed by atoms with Gasteiger partial charge in [0, 0.05) is 0 Å². The Morgan fingerprint density at radius 2 is 1.25 bits per heavy atom. The molecule has 6 heteroatoms. The topological polar surface area (TPSA) is 76.1 Å². The van der Waals surface area contributed by atoms with Gasteiger partial charge in [0.2, 0.25) is 0 Å².